The maximum atomic E-state index is 6.28. The summed E-state index contributed by atoms with van der Waals surface area (Å²) in [5.41, 5.74) is 8.66. The lowest BCUT2D eigenvalue weighted by Gasteiger charge is -2.14. The van der Waals surface area contributed by atoms with Crippen LogP contribution in [0.15, 0.2) is 42.5 Å². The molecule has 0 heterocycles. The van der Waals surface area contributed by atoms with Gasteiger partial charge in [0.1, 0.15) is 5.75 Å². The second-order valence-corrected chi connectivity index (χ2v) is 6.26. The number of aryl methyl sites for hydroxylation is 1. The summed E-state index contributed by atoms with van der Waals surface area (Å²) in [7, 11) is 1.67. The van der Waals surface area contributed by atoms with Crippen LogP contribution in [-0.4, -0.2) is 7.11 Å². The van der Waals surface area contributed by atoms with Crippen LogP contribution in [0.4, 0.5) is 0 Å². The predicted molar refractivity (Wildman–Crippen MR) is 92.4 cm³/mol. The monoisotopic (exact) mass is 401 g/mol. The van der Waals surface area contributed by atoms with E-state index >= 15 is 0 Å². The Bertz CT molecular complexity index is 571. The van der Waals surface area contributed by atoms with Gasteiger partial charge in [0.2, 0.25) is 0 Å². The summed E-state index contributed by atoms with van der Waals surface area (Å²) in [5.74, 6) is 0.877. The van der Waals surface area contributed by atoms with Crippen molar-refractivity contribution in [2.24, 2.45) is 5.73 Å². The molecule has 2 aromatic carbocycles. The number of hydrogen-bond acceptors (Lipinski definition) is 2. The first-order chi connectivity index (χ1) is 9.60. The molecule has 0 aliphatic rings. The number of halogens is 2. The van der Waals surface area contributed by atoms with Crippen molar-refractivity contribution >= 4 is 34.2 Å². The minimum atomic E-state index is 0.00250. The van der Waals surface area contributed by atoms with Crippen LogP contribution in [0.5, 0.6) is 5.75 Å². The largest absolute Gasteiger partial charge is 0.497 e. The Labute approximate surface area is 138 Å². The Morgan fingerprint density at radius 3 is 2.55 bits per heavy atom. The van der Waals surface area contributed by atoms with Gasteiger partial charge >= 0.3 is 0 Å². The van der Waals surface area contributed by atoms with Crippen LogP contribution in [0.25, 0.3) is 0 Å². The maximum absolute atomic E-state index is 6.28. The number of rotatable bonds is 5. The van der Waals surface area contributed by atoms with E-state index < -0.39 is 0 Å². The van der Waals surface area contributed by atoms with Crippen LogP contribution in [0, 0.1) is 3.57 Å². The molecule has 0 aromatic heterocycles. The van der Waals surface area contributed by atoms with Gasteiger partial charge in [0.05, 0.1) is 7.11 Å². The molecule has 0 radical (unpaired) electrons. The molecule has 4 heteroatoms. The topological polar surface area (TPSA) is 35.2 Å². The fourth-order valence-corrected chi connectivity index (χ4v) is 2.98. The van der Waals surface area contributed by atoms with Gasteiger partial charge in [-0.1, -0.05) is 23.7 Å². The van der Waals surface area contributed by atoms with Gasteiger partial charge in [-0.05, 0) is 76.9 Å². The first-order valence-electron chi connectivity index (χ1n) is 6.43. The van der Waals surface area contributed by atoms with Crippen molar-refractivity contribution in [2.75, 3.05) is 7.11 Å². The minimum absolute atomic E-state index is 0.00250. The SMILES string of the molecule is COc1ccc(CCC(N)c2cc(Cl)ccc2I)cc1. The summed E-state index contributed by atoms with van der Waals surface area (Å²) in [6.45, 7) is 0. The molecule has 2 nitrogen and oxygen atoms in total. The highest BCUT2D eigenvalue weighted by Gasteiger charge is 2.10. The normalized spacial score (nSPS) is 12.2. The zero-order valence-corrected chi connectivity index (χ0v) is 14.2. The first kappa shape index (κ1) is 15.6. The number of nitrogens with two attached hydrogens (primary N) is 1. The number of ether oxygens (including phenoxy) is 1. The summed E-state index contributed by atoms with van der Waals surface area (Å²) in [6, 6.07) is 14.0. The summed E-state index contributed by atoms with van der Waals surface area (Å²) in [5, 5.41) is 0.736. The van der Waals surface area contributed by atoms with E-state index in [4.69, 9.17) is 22.1 Å². The number of methoxy groups -OCH3 is 1. The summed E-state index contributed by atoms with van der Waals surface area (Å²) < 4.78 is 6.31. The molecule has 0 spiro atoms. The van der Waals surface area contributed by atoms with Crippen LogP contribution in [-0.2, 0) is 6.42 Å². The van der Waals surface area contributed by atoms with Gasteiger partial charge < -0.3 is 10.5 Å². The lowest BCUT2D eigenvalue weighted by molar-refractivity contribution is 0.414. The molecule has 0 amide bonds. The Morgan fingerprint density at radius 1 is 1.20 bits per heavy atom. The Kier molecular flexibility index (Phi) is 5.69. The third kappa shape index (κ3) is 4.11. The van der Waals surface area contributed by atoms with E-state index in [9.17, 15) is 0 Å². The smallest absolute Gasteiger partial charge is 0.118 e. The van der Waals surface area contributed by atoms with Gasteiger partial charge in [-0.3, -0.25) is 0 Å². The first-order valence-corrected chi connectivity index (χ1v) is 7.89. The predicted octanol–water partition coefficient (Wildman–Crippen LogP) is 4.59. The molecule has 2 N–H and O–H groups in total. The molecule has 0 saturated carbocycles. The van der Waals surface area contributed by atoms with Gasteiger partial charge in [0.25, 0.3) is 0 Å². The van der Waals surface area contributed by atoms with E-state index in [1.54, 1.807) is 7.11 Å². The molecular weight excluding hydrogens is 385 g/mol. The lowest BCUT2D eigenvalue weighted by Crippen LogP contribution is -2.12. The molecule has 0 saturated heterocycles. The van der Waals surface area contributed by atoms with Crippen LogP contribution >= 0.6 is 34.2 Å². The fraction of sp³-hybridized carbons (Fsp3) is 0.250. The van der Waals surface area contributed by atoms with Gasteiger partial charge in [-0.25, -0.2) is 0 Å². The van der Waals surface area contributed by atoms with Gasteiger partial charge in [-0.15, -0.1) is 0 Å². The quantitative estimate of drug-likeness (QED) is 0.744. The number of hydrogen-bond donors (Lipinski definition) is 1. The van der Waals surface area contributed by atoms with E-state index in [2.05, 4.69) is 34.7 Å². The highest BCUT2D eigenvalue weighted by atomic mass is 127. The van der Waals surface area contributed by atoms with E-state index in [0.717, 1.165) is 32.7 Å². The molecule has 0 aliphatic heterocycles. The highest BCUT2D eigenvalue weighted by Crippen LogP contribution is 2.25. The lowest BCUT2D eigenvalue weighted by atomic mass is 10.00. The van der Waals surface area contributed by atoms with Crippen LogP contribution < -0.4 is 10.5 Å². The van der Waals surface area contributed by atoms with Crippen LogP contribution in [0.3, 0.4) is 0 Å². The van der Waals surface area contributed by atoms with E-state index in [1.807, 2.05) is 30.3 Å². The molecule has 1 unspecified atom stereocenters. The van der Waals surface area contributed by atoms with Gasteiger partial charge in [-0.2, -0.15) is 0 Å². The van der Waals surface area contributed by atoms with Crippen molar-refractivity contribution in [3.05, 3.63) is 62.2 Å². The average molecular weight is 402 g/mol. The van der Waals surface area contributed by atoms with Crippen molar-refractivity contribution in [1.82, 2.24) is 0 Å². The number of benzene rings is 2. The molecule has 2 aromatic rings. The second-order valence-electron chi connectivity index (χ2n) is 4.66. The highest BCUT2D eigenvalue weighted by molar-refractivity contribution is 14.1. The Morgan fingerprint density at radius 2 is 1.90 bits per heavy atom. The maximum Gasteiger partial charge on any atom is 0.118 e. The van der Waals surface area contributed by atoms with Crippen LogP contribution in [0.1, 0.15) is 23.6 Å². The molecule has 0 fully saturated rings. The summed E-state index contributed by atoms with van der Waals surface area (Å²) in [4.78, 5) is 0. The standard InChI is InChI=1S/C16H17ClINO/c1-20-13-6-2-11(3-7-13)4-9-16(19)14-10-12(17)5-8-15(14)18/h2-3,5-8,10,16H,4,9,19H2,1H3. The molecule has 2 rings (SSSR count). The zero-order valence-electron chi connectivity index (χ0n) is 11.3. The summed E-state index contributed by atoms with van der Waals surface area (Å²) in [6.07, 6.45) is 1.83. The Hall–Kier alpha value is -0.780. The molecule has 106 valence electrons. The van der Waals surface area contributed by atoms with Gasteiger partial charge in [0.15, 0.2) is 0 Å². The van der Waals surface area contributed by atoms with E-state index in [0.29, 0.717) is 0 Å². The van der Waals surface area contributed by atoms with Gasteiger partial charge in [0, 0.05) is 14.6 Å². The second kappa shape index (κ2) is 7.29. The van der Waals surface area contributed by atoms with Crippen molar-refractivity contribution in [2.45, 2.75) is 18.9 Å². The van der Waals surface area contributed by atoms with Crippen molar-refractivity contribution in [3.8, 4) is 5.75 Å². The van der Waals surface area contributed by atoms with Crippen molar-refractivity contribution in [1.29, 1.82) is 0 Å². The van der Waals surface area contributed by atoms with Crippen molar-refractivity contribution < 1.29 is 4.74 Å². The third-order valence-corrected chi connectivity index (χ3v) is 4.48. The summed E-state index contributed by atoms with van der Waals surface area (Å²) >= 11 is 8.34. The van der Waals surface area contributed by atoms with Crippen molar-refractivity contribution in [3.63, 3.8) is 0 Å². The Balaban J connectivity index is 2.00. The molecule has 0 bridgehead atoms. The van der Waals surface area contributed by atoms with Crippen LogP contribution in [0.2, 0.25) is 5.02 Å². The molecule has 1 atom stereocenters. The molecule has 20 heavy (non-hydrogen) atoms. The fourth-order valence-electron chi connectivity index (χ4n) is 2.07. The van der Waals surface area contributed by atoms with E-state index in [1.165, 1.54) is 5.56 Å². The molecular formula is C16H17ClINO. The minimum Gasteiger partial charge on any atom is -0.497 e. The zero-order chi connectivity index (χ0) is 14.5. The third-order valence-electron chi connectivity index (χ3n) is 3.26. The average Bonchev–Trinajstić information content (AvgIpc) is 2.47. The van der Waals surface area contributed by atoms with E-state index in [-0.39, 0.29) is 6.04 Å². The molecule has 0 aliphatic carbocycles.